The van der Waals surface area contributed by atoms with Crippen LogP contribution in [0.5, 0.6) is 0 Å². The van der Waals surface area contributed by atoms with Crippen LogP contribution in [0.25, 0.3) is 0 Å². The zero-order valence-corrected chi connectivity index (χ0v) is 11.5. The summed E-state index contributed by atoms with van der Waals surface area (Å²) in [5, 5.41) is 4.55. The summed E-state index contributed by atoms with van der Waals surface area (Å²) < 4.78 is 0. The Labute approximate surface area is 108 Å². The molecule has 1 aromatic heterocycles. The molecule has 0 spiro atoms. The maximum Gasteiger partial charge on any atom is 0.130 e. The highest BCUT2D eigenvalue weighted by molar-refractivity contribution is 7.98. The molecule has 0 aromatic carbocycles. The van der Waals surface area contributed by atoms with Crippen molar-refractivity contribution >= 4 is 17.6 Å². The molecule has 1 aliphatic carbocycles. The van der Waals surface area contributed by atoms with Gasteiger partial charge in [0, 0.05) is 12.1 Å². The van der Waals surface area contributed by atoms with Crippen molar-refractivity contribution in [1.82, 2.24) is 9.97 Å². The number of nitrogens with one attached hydrogen (secondary N) is 1. The molecule has 1 fully saturated rings. The predicted molar refractivity (Wildman–Crippen MR) is 73.5 cm³/mol. The van der Waals surface area contributed by atoms with E-state index in [-0.39, 0.29) is 0 Å². The van der Waals surface area contributed by atoms with Crippen LogP contribution in [0, 0.1) is 5.92 Å². The summed E-state index contributed by atoms with van der Waals surface area (Å²) >= 11 is 1.65. The van der Waals surface area contributed by atoms with Gasteiger partial charge in [0.25, 0.3) is 0 Å². The maximum absolute atomic E-state index is 4.29. The van der Waals surface area contributed by atoms with E-state index in [2.05, 4.69) is 22.2 Å². The first-order valence-corrected chi connectivity index (χ1v) is 7.64. The molecule has 1 atom stereocenters. The second-order valence-corrected chi connectivity index (χ2v) is 5.60. The first kappa shape index (κ1) is 12.7. The van der Waals surface area contributed by atoms with E-state index in [1.54, 1.807) is 18.1 Å². The molecule has 0 amide bonds. The highest BCUT2D eigenvalue weighted by atomic mass is 32.2. The summed E-state index contributed by atoms with van der Waals surface area (Å²) in [7, 11) is 0. The van der Waals surface area contributed by atoms with Crippen molar-refractivity contribution in [3.63, 3.8) is 0 Å². The lowest BCUT2D eigenvalue weighted by molar-refractivity contribution is 0.328. The van der Waals surface area contributed by atoms with Crippen LogP contribution >= 0.6 is 11.8 Å². The third-order valence-electron chi connectivity index (χ3n) is 3.58. The molecule has 0 bridgehead atoms. The summed E-state index contributed by atoms with van der Waals surface area (Å²) in [5.41, 5.74) is 0. The SMILES string of the molecule is CSc1cc(NC(C)C2CCCCC2)ncn1. The molecule has 2 rings (SSSR count). The van der Waals surface area contributed by atoms with Crippen LogP contribution in [0.4, 0.5) is 5.82 Å². The van der Waals surface area contributed by atoms with E-state index in [9.17, 15) is 0 Å². The molecule has 0 saturated heterocycles. The summed E-state index contributed by atoms with van der Waals surface area (Å²) in [6, 6.07) is 2.55. The lowest BCUT2D eigenvalue weighted by Gasteiger charge is -2.28. The standard InChI is InChI=1S/C13H21N3S/c1-10(11-6-4-3-5-7-11)16-12-8-13(17-2)15-9-14-12/h8-11H,3-7H2,1-2H3,(H,14,15,16). The molecule has 0 radical (unpaired) electrons. The molecule has 94 valence electrons. The predicted octanol–water partition coefficient (Wildman–Crippen LogP) is 3.58. The van der Waals surface area contributed by atoms with E-state index in [0.717, 1.165) is 16.8 Å². The van der Waals surface area contributed by atoms with E-state index < -0.39 is 0 Å². The summed E-state index contributed by atoms with van der Waals surface area (Å²) in [6.07, 6.45) is 10.6. The van der Waals surface area contributed by atoms with E-state index in [0.29, 0.717) is 6.04 Å². The molecule has 1 N–H and O–H groups in total. The Morgan fingerprint density at radius 1 is 1.29 bits per heavy atom. The number of hydrogen-bond acceptors (Lipinski definition) is 4. The molecule has 17 heavy (non-hydrogen) atoms. The highest BCUT2D eigenvalue weighted by Crippen LogP contribution is 2.28. The van der Waals surface area contributed by atoms with Gasteiger partial charge in [-0.3, -0.25) is 0 Å². The Hall–Kier alpha value is -0.770. The van der Waals surface area contributed by atoms with E-state index in [4.69, 9.17) is 0 Å². The quantitative estimate of drug-likeness (QED) is 0.655. The highest BCUT2D eigenvalue weighted by Gasteiger charge is 2.20. The van der Waals surface area contributed by atoms with E-state index in [1.165, 1.54) is 32.1 Å². The van der Waals surface area contributed by atoms with Crippen LogP contribution in [0.3, 0.4) is 0 Å². The summed E-state index contributed by atoms with van der Waals surface area (Å²) in [6.45, 7) is 2.27. The van der Waals surface area contributed by atoms with Crippen LogP contribution in [-0.4, -0.2) is 22.3 Å². The minimum Gasteiger partial charge on any atom is -0.367 e. The Kier molecular flexibility index (Phi) is 4.66. The van der Waals surface area contributed by atoms with Crippen LogP contribution in [0.2, 0.25) is 0 Å². The second kappa shape index (κ2) is 6.24. The van der Waals surface area contributed by atoms with Crippen molar-refractivity contribution in [2.45, 2.75) is 50.1 Å². The zero-order chi connectivity index (χ0) is 12.1. The Morgan fingerprint density at radius 3 is 2.76 bits per heavy atom. The Morgan fingerprint density at radius 2 is 2.06 bits per heavy atom. The molecule has 1 aliphatic rings. The van der Waals surface area contributed by atoms with Gasteiger partial charge in [0.2, 0.25) is 0 Å². The van der Waals surface area contributed by atoms with Crippen molar-refractivity contribution in [1.29, 1.82) is 0 Å². The number of thioether (sulfide) groups is 1. The molecule has 1 unspecified atom stereocenters. The van der Waals surface area contributed by atoms with Gasteiger partial charge in [0.05, 0.1) is 0 Å². The van der Waals surface area contributed by atoms with Crippen molar-refractivity contribution in [3.8, 4) is 0 Å². The summed E-state index contributed by atoms with van der Waals surface area (Å²) in [5.74, 6) is 1.76. The third-order valence-corrected chi connectivity index (χ3v) is 4.23. The molecular weight excluding hydrogens is 230 g/mol. The first-order valence-electron chi connectivity index (χ1n) is 6.42. The first-order chi connectivity index (χ1) is 8.29. The number of nitrogens with zero attached hydrogens (tertiary/aromatic N) is 2. The lowest BCUT2D eigenvalue weighted by atomic mass is 9.84. The Balaban J connectivity index is 1.94. The average Bonchev–Trinajstić information content (AvgIpc) is 2.40. The van der Waals surface area contributed by atoms with E-state index in [1.807, 2.05) is 12.3 Å². The van der Waals surface area contributed by atoms with Crippen molar-refractivity contribution < 1.29 is 0 Å². The smallest absolute Gasteiger partial charge is 0.130 e. The van der Waals surface area contributed by atoms with Gasteiger partial charge in [-0.25, -0.2) is 9.97 Å². The molecule has 1 saturated carbocycles. The van der Waals surface area contributed by atoms with Crippen LogP contribution in [0.15, 0.2) is 17.4 Å². The van der Waals surface area contributed by atoms with Gasteiger partial charge in [-0.15, -0.1) is 11.8 Å². The van der Waals surface area contributed by atoms with Crippen molar-refractivity contribution in [3.05, 3.63) is 12.4 Å². The Bertz CT molecular complexity index is 350. The van der Waals surface area contributed by atoms with Crippen LogP contribution in [-0.2, 0) is 0 Å². The van der Waals surface area contributed by atoms with Gasteiger partial charge in [0.15, 0.2) is 0 Å². The molecule has 0 aliphatic heterocycles. The summed E-state index contributed by atoms with van der Waals surface area (Å²) in [4.78, 5) is 8.48. The number of rotatable bonds is 4. The fraction of sp³-hybridized carbons (Fsp3) is 0.692. The zero-order valence-electron chi connectivity index (χ0n) is 10.6. The van der Waals surface area contributed by atoms with Crippen molar-refractivity contribution in [2.24, 2.45) is 5.92 Å². The van der Waals surface area contributed by atoms with Crippen LogP contribution in [0.1, 0.15) is 39.0 Å². The minimum absolute atomic E-state index is 0.514. The molecular formula is C13H21N3S. The molecule has 3 nitrogen and oxygen atoms in total. The normalized spacial score (nSPS) is 18.9. The van der Waals surface area contributed by atoms with Gasteiger partial charge >= 0.3 is 0 Å². The fourth-order valence-corrected chi connectivity index (χ4v) is 2.90. The van der Waals surface area contributed by atoms with E-state index >= 15 is 0 Å². The monoisotopic (exact) mass is 251 g/mol. The average molecular weight is 251 g/mol. The van der Waals surface area contributed by atoms with Gasteiger partial charge in [-0.05, 0) is 31.9 Å². The fourth-order valence-electron chi connectivity index (χ4n) is 2.52. The maximum atomic E-state index is 4.29. The number of hydrogen-bond donors (Lipinski definition) is 1. The van der Waals surface area contributed by atoms with Gasteiger partial charge < -0.3 is 5.32 Å². The number of aromatic nitrogens is 2. The lowest BCUT2D eigenvalue weighted by Crippen LogP contribution is -2.28. The second-order valence-electron chi connectivity index (χ2n) is 4.78. The van der Waals surface area contributed by atoms with Gasteiger partial charge in [-0.1, -0.05) is 19.3 Å². The molecule has 1 heterocycles. The van der Waals surface area contributed by atoms with Crippen molar-refractivity contribution in [2.75, 3.05) is 11.6 Å². The number of anilines is 1. The molecule has 1 aromatic rings. The van der Waals surface area contributed by atoms with Crippen LogP contribution < -0.4 is 5.32 Å². The molecule has 4 heteroatoms. The minimum atomic E-state index is 0.514. The topological polar surface area (TPSA) is 37.8 Å². The van der Waals surface area contributed by atoms with Gasteiger partial charge in [0.1, 0.15) is 17.2 Å². The van der Waals surface area contributed by atoms with Gasteiger partial charge in [-0.2, -0.15) is 0 Å². The third kappa shape index (κ3) is 3.60. The largest absolute Gasteiger partial charge is 0.367 e.